The molecule has 0 saturated carbocycles. The third kappa shape index (κ3) is 3.81. The molecule has 7 heteroatoms. The van der Waals surface area contributed by atoms with Crippen molar-refractivity contribution in [2.75, 3.05) is 10.6 Å². The monoisotopic (exact) mass is 320 g/mol. The van der Waals surface area contributed by atoms with Crippen LogP contribution in [0.1, 0.15) is 11.1 Å². The van der Waals surface area contributed by atoms with Gasteiger partial charge in [0, 0.05) is 6.54 Å². The molecule has 0 amide bonds. The summed E-state index contributed by atoms with van der Waals surface area (Å²) in [5.41, 5.74) is 2.05. The number of hydrogen-bond acceptors (Lipinski definition) is 6. The number of para-hydroxylation sites is 1. The van der Waals surface area contributed by atoms with Gasteiger partial charge in [0.05, 0.1) is 17.4 Å². The highest BCUT2D eigenvalue weighted by Crippen LogP contribution is 2.18. The first-order valence-electron chi connectivity index (χ1n) is 7.19. The van der Waals surface area contributed by atoms with Gasteiger partial charge in [-0.05, 0) is 29.8 Å². The van der Waals surface area contributed by atoms with Crippen LogP contribution in [0.15, 0.2) is 54.7 Å². The van der Waals surface area contributed by atoms with Gasteiger partial charge in [0.15, 0.2) is 5.82 Å². The fourth-order valence-corrected chi connectivity index (χ4v) is 2.05. The summed E-state index contributed by atoms with van der Waals surface area (Å²) in [6.45, 7) is 0.445. The zero-order chi connectivity index (χ0) is 16.8. The lowest BCUT2D eigenvalue weighted by atomic mass is 10.2. The molecule has 0 radical (unpaired) electrons. The summed E-state index contributed by atoms with van der Waals surface area (Å²) < 4.78 is 12.9. The summed E-state index contributed by atoms with van der Waals surface area (Å²) in [6.07, 6.45) is 1.47. The summed E-state index contributed by atoms with van der Waals surface area (Å²) in [5, 5.41) is 23.0. The van der Waals surface area contributed by atoms with Crippen LogP contribution in [0.4, 0.5) is 21.8 Å². The maximum atomic E-state index is 12.9. The van der Waals surface area contributed by atoms with E-state index in [-0.39, 0.29) is 5.82 Å². The van der Waals surface area contributed by atoms with Crippen molar-refractivity contribution in [3.05, 3.63) is 71.7 Å². The SMILES string of the molecule is N#Cc1ccccc1Nc1cnnc(NCc2ccc(F)cc2)n1. The zero-order valence-corrected chi connectivity index (χ0v) is 12.6. The Bertz CT molecular complexity index is 873. The van der Waals surface area contributed by atoms with E-state index in [1.165, 1.54) is 18.3 Å². The number of rotatable bonds is 5. The number of hydrogen-bond donors (Lipinski definition) is 2. The van der Waals surface area contributed by atoms with Gasteiger partial charge >= 0.3 is 0 Å². The van der Waals surface area contributed by atoms with E-state index in [9.17, 15) is 4.39 Å². The van der Waals surface area contributed by atoms with E-state index in [0.717, 1.165) is 5.56 Å². The Hall–Kier alpha value is -3.53. The number of benzene rings is 2. The van der Waals surface area contributed by atoms with Gasteiger partial charge in [0.25, 0.3) is 0 Å². The van der Waals surface area contributed by atoms with Crippen LogP contribution >= 0.6 is 0 Å². The number of nitrogens with one attached hydrogen (secondary N) is 2. The third-order valence-corrected chi connectivity index (χ3v) is 3.23. The molecule has 6 nitrogen and oxygen atoms in total. The van der Waals surface area contributed by atoms with Gasteiger partial charge in [-0.25, -0.2) is 4.39 Å². The van der Waals surface area contributed by atoms with Gasteiger partial charge in [-0.2, -0.15) is 15.3 Å². The summed E-state index contributed by atoms with van der Waals surface area (Å²) >= 11 is 0. The molecule has 0 fully saturated rings. The standard InChI is InChI=1S/C17H13FN6/c18-14-7-5-12(6-8-14)10-20-17-23-16(11-21-24-17)22-15-4-2-1-3-13(15)9-19/h1-8,11H,10H2,(H2,20,22,23,24). The highest BCUT2D eigenvalue weighted by Gasteiger charge is 2.04. The van der Waals surface area contributed by atoms with Crippen LogP contribution in [0, 0.1) is 17.1 Å². The second kappa shape index (κ2) is 7.15. The van der Waals surface area contributed by atoms with E-state index >= 15 is 0 Å². The summed E-state index contributed by atoms with van der Waals surface area (Å²) in [4.78, 5) is 4.30. The zero-order valence-electron chi connectivity index (χ0n) is 12.6. The molecule has 0 unspecified atom stereocenters. The van der Waals surface area contributed by atoms with Crippen molar-refractivity contribution in [1.29, 1.82) is 5.26 Å². The van der Waals surface area contributed by atoms with Crippen molar-refractivity contribution in [3.63, 3.8) is 0 Å². The molecule has 0 spiro atoms. The minimum atomic E-state index is -0.279. The normalized spacial score (nSPS) is 10.0. The minimum Gasteiger partial charge on any atom is -0.349 e. The average molecular weight is 320 g/mol. The van der Waals surface area contributed by atoms with Crippen molar-refractivity contribution in [2.45, 2.75) is 6.54 Å². The predicted octanol–water partition coefficient (Wildman–Crippen LogP) is 3.24. The molecule has 0 aliphatic carbocycles. The molecule has 0 saturated heterocycles. The Morgan fingerprint density at radius 3 is 2.67 bits per heavy atom. The van der Waals surface area contributed by atoms with E-state index in [4.69, 9.17) is 5.26 Å². The number of aromatic nitrogens is 3. The quantitative estimate of drug-likeness (QED) is 0.750. The van der Waals surface area contributed by atoms with E-state index in [2.05, 4.69) is 31.9 Å². The van der Waals surface area contributed by atoms with E-state index < -0.39 is 0 Å². The van der Waals surface area contributed by atoms with Crippen molar-refractivity contribution in [2.24, 2.45) is 0 Å². The highest BCUT2D eigenvalue weighted by atomic mass is 19.1. The Labute approximate surface area is 138 Å². The van der Waals surface area contributed by atoms with Gasteiger partial charge in [0.2, 0.25) is 5.95 Å². The molecule has 1 aromatic heterocycles. The Morgan fingerprint density at radius 2 is 1.88 bits per heavy atom. The fraction of sp³-hybridized carbons (Fsp3) is 0.0588. The van der Waals surface area contributed by atoms with E-state index in [1.54, 1.807) is 30.3 Å². The smallest absolute Gasteiger partial charge is 0.244 e. The summed E-state index contributed by atoms with van der Waals surface area (Å²) in [5.74, 6) is 0.520. The molecule has 1 heterocycles. The lowest BCUT2D eigenvalue weighted by molar-refractivity contribution is 0.627. The first-order valence-corrected chi connectivity index (χ1v) is 7.19. The number of halogens is 1. The summed E-state index contributed by atoms with van der Waals surface area (Å²) in [7, 11) is 0. The molecule has 3 rings (SSSR count). The lowest BCUT2D eigenvalue weighted by Gasteiger charge is -2.08. The molecular weight excluding hydrogens is 307 g/mol. The summed E-state index contributed by atoms with van der Waals surface area (Å²) in [6, 6.07) is 15.4. The number of nitriles is 1. The number of nitrogens with zero attached hydrogens (tertiary/aromatic N) is 4. The maximum Gasteiger partial charge on any atom is 0.244 e. The lowest BCUT2D eigenvalue weighted by Crippen LogP contribution is -2.06. The van der Waals surface area contributed by atoms with Gasteiger partial charge in [-0.3, -0.25) is 0 Å². The topological polar surface area (TPSA) is 86.5 Å². The largest absolute Gasteiger partial charge is 0.349 e. The van der Waals surface area contributed by atoms with Crippen molar-refractivity contribution in [3.8, 4) is 6.07 Å². The van der Waals surface area contributed by atoms with Crippen molar-refractivity contribution in [1.82, 2.24) is 15.2 Å². The first-order chi connectivity index (χ1) is 11.7. The molecule has 2 aromatic carbocycles. The van der Waals surface area contributed by atoms with Crippen LogP contribution in [0.3, 0.4) is 0 Å². The molecule has 2 N–H and O–H groups in total. The van der Waals surface area contributed by atoms with E-state index in [0.29, 0.717) is 29.6 Å². The van der Waals surface area contributed by atoms with Crippen molar-refractivity contribution < 1.29 is 4.39 Å². The molecular formula is C17H13FN6. The molecule has 0 aliphatic heterocycles. The first kappa shape index (κ1) is 15.4. The predicted molar refractivity (Wildman–Crippen MR) is 88.0 cm³/mol. The Morgan fingerprint density at radius 1 is 1.08 bits per heavy atom. The van der Waals surface area contributed by atoms with Gasteiger partial charge in [0.1, 0.15) is 11.9 Å². The van der Waals surface area contributed by atoms with Crippen LogP contribution in [-0.2, 0) is 6.54 Å². The molecule has 0 atom stereocenters. The van der Waals surface area contributed by atoms with Crippen molar-refractivity contribution >= 4 is 17.5 Å². The van der Waals surface area contributed by atoms with Crippen LogP contribution < -0.4 is 10.6 Å². The molecule has 0 bridgehead atoms. The molecule has 3 aromatic rings. The second-order valence-corrected chi connectivity index (χ2v) is 4.93. The Balaban J connectivity index is 1.70. The van der Waals surface area contributed by atoms with Crippen LogP contribution in [0.5, 0.6) is 0 Å². The van der Waals surface area contributed by atoms with Crippen LogP contribution in [-0.4, -0.2) is 15.2 Å². The second-order valence-electron chi connectivity index (χ2n) is 4.93. The fourth-order valence-electron chi connectivity index (χ4n) is 2.05. The maximum absolute atomic E-state index is 12.9. The van der Waals surface area contributed by atoms with Crippen LogP contribution in [0.2, 0.25) is 0 Å². The average Bonchev–Trinajstić information content (AvgIpc) is 2.62. The number of anilines is 3. The van der Waals surface area contributed by atoms with Crippen LogP contribution in [0.25, 0.3) is 0 Å². The minimum absolute atomic E-state index is 0.279. The molecule has 24 heavy (non-hydrogen) atoms. The molecule has 118 valence electrons. The Kier molecular flexibility index (Phi) is 4.58. The van der Waals surface area contributed by atoms with E-state index in [1.807, 2.05) is 6.07 Å². The molecule has 0 aliphatic rings. The highest BCUT2D eigenvalue weighted by molar-refractivity contribution is 5.64. The third-order valence-electron chi connectivity index (χ3n) is 3.23. The van der Waals surface area contributed by atoms with Gasteiger partial charge in [-0.1, -0.05) is 24.3 Å². The van der Waals surface area contributed by atoms with Gasteiger partial charge < -0.3 is 10.6 Å². The van der Waals surface area contributed by atoms with Gasteiger partial charge in [-0.15, -0.1) is 5.10 Å².